The molecule has 0 bridgehead atoms. The Labute approximate surface area is 156 Å². The molecule has 0 saturated carbocycles. The van der Waals surface area contributed by atoms with Crippen LogP contribution in [0.2, 0.25) is 0 Å². The Morgan fingerprint density at radius 1 is 1.04 bits per heavy atom. The monoisotopic (exact) mass is 354 g/mol. The summed E-state index contributed by atoms with van der Waals surface area (Å²) < 4.78 is 2.04. The zero-order valence-corrected chi connectivity index (χ0v) is 16.3. The lowest BCUT2D eigenvalue weighted by molar-refractivity contribution is 0.0283. The number of rotatable bonds is 5. The zero-order chi connectivity index (χ0) is 18.7. The van der Waals surface area contributed by atoms with Crippen molar-refractivity contribution in [2.45, 2.75) is 25.9 Å². The summed E-state index contributed by atoms with van der Waals surface area (Å²) in [6.07, 6.45) is 4.01. The Morgan fingerprint density at radius 3 is 2.15 bits per heavy atom. The molecular weight excluding hydrogens is 324 g/mol. The van der Waals surface area contributed by atoms with Crippen LogP contribution in [0.15, 0.2) is 48.8 Å². The quantitative estimate of drug-likeness (QED) is 0.827. The molecular formula is C21H30N4O. The standard InChI is InChI=1S/C21H30N4O/c1-17-15-24(16-18(2)25(17)14-13-22(3)4)21(26)19-7-9-20(10-8-19)23-11-5-6-12-23/h5-12,17-18H,13-16H2,1-4H3. The molecule has 26 heavy (non-hydrogen) atoms. The van der Waals surface area contributed by atoms with Crippen LogP contribution >= 0.6 is 0 Å². The number of benzene rings is 1. The fourth-order valence-electron chi connectivity index (χ4n) is 3.74. The van der Waals surface area contributed by atoms with E-state index in [0.717, 1.165) is 37.4 Å². The molecule has 1 aliphatic heterocycles. The van der Waals surface area contributed by atoms with E-state index in [1.165, 1.54) is 0 Å². The number of hydrogen-bond donors (Lipinski definition) is 0. The highest BCUT2D eigenvalue weighted by atomic mass is 16.2. The van der Waals surface area contributed by atoms with Gasteiger partial charge >= 0.3 is 0 Å². The third kappa shape index (κ3) is 4.17. The first-order chi connectivity index (χ1) is 12.5. The van der Waals surface area contributed by atoms with Gasteiger partial charge in [-0.15, -0.1) is 0 Å². The number of aromatic nitrogens is 1. The van der Waals surface area contributed by atoms with Crippen LogP contribution in [0.5, 0.6) is 0 Å². The van der Waals surface area contributed by atoms with Gasteiger partial charge in [0.15, 0.2) is 0 Å². The van der Waals surface area contributed by atoms with E-state index >= 15 is 0 Å². The Balaban J connectivity index is 1.65. The fourth-order valence-corrected chi connectivity index (χ4v) is 3.74. The van der Waals surface area contributed by atoms with Crippen LogP contribution in [-0.4, -0.2) is 77.5 Å². The lowest BCUT2D eigenvalue weighted by atomic mass is 10.1. The second kappa shape index (κ2) is 8.06. The van der Waals surface area contributed by atoms with E-state index < -0.39 is 0 Å². The third-order valence-corrected chi connectivity index (χ3v) is 5.21. The van der Waals surface area contributed by atoms with E-state index in [9.17, 15) is 4.79 Å². The van der Waals surface area contributed by atoms with Crippen LogP contribution < -0.4 is 0 Å². The van der Waals surface area contributed by atoms with Crippen LogP contribution in [0.4, 0.5) is 0 Å². The number of hydrogen-bond acceptors (Lipinski definition) is 3. The van der Waals surface area contributed by atoms with E-state index in [4.69, 9.17) is 0 Å². The van der Waals surface area contributed by atoms with Gasteiger partial charge in [-0.25, -0.2) is 0 Å². The molecule has 3 rings (SSSR count). The molecule has 0 radical (unpaired) electrons. The molecule has 0 aliphatic carbocycles. The summed E-state index contributed by atoms with van der Waals surface area (Å²) in [7, 11) is 4.21. The largest absolute Gasteiger partial charge is 0.336 e. The minimum atomic E-state index is 0.134. The number of carbonyl (C=O) groups excluding carboxylic acids is 1. The molecule has 1 amide bonds. The predicted octanol–water partition coefficient (Wildman–Crippen LogP) is 2.57. The highest BCUT2D eigenvalue weighted by Crippen LogP contribution is 2.19. The SMILES string of the molecule is CC1CN(C(=O)c2ccc(-n3cccc3)cc2)CC(C)N1CCN(C)C. The smallest absolute Gasteiger partial charge is 0.253 e. The molecule has 2 atom stereocenters. The van der Waals surface area contributed by atoms with Crippen molar-refractivity contribution in [1.29, 1.82) is 0 Å². The molecule has 2 heterocycles. The van der Waals surface area contributed by atoms with Gasteiger partial charge in [-0.3, -0.25) is 9.69 Å². The number of nitrogens with zero attached hydrogens (tertiary/aromatic N) is 4. The number of likely N-dealkylation sites (N-methyl/N-ethyl adjacent to an activating group) is 1. The number of piperazine rings is 1. The average Bonchev–Trinajstić information content (AvgIpc) is 3.15. The van der Waals surface area contributed by atoms with Crippen LogP contribution in [0, 0.1) is 0 Å². The van der Waals surface area contributed by atoms with E-state index in [1.54, 1.807) is 0 Å². The number of amides is 1. The minimum absolute atomic E-state index is 0.134. The van der Waals surface area contributed by atoms with Gasteiger partial charge in [0.05, 0.1) is 0 Å². The van der Waals surface area contributed by atoms with Crippen LogP contribution in [0.1, 0.15) is 24.2 Å². The summed E-state index contributed by atoms with van der Waals surface area (Å²) in [4.78, 5) is 19.7. The maximum absolute atomic E-state index is 13.0. The van der Waals surface area contributed by atoms with E-state index in [0.29, 0.717) is 12.1 Å². The van der Waals surface area contributed by atoms with Gasteiger partial charge in [0, 0.05) is 61.9 Å². The molecule has 1 aromatic heterocycles. The van der Waals surface area contributed by atoms with Gasteiger partial charge in [0.1, 0.15) is 0 Å². The van der Waals surface area contributed by atoms with Crippen LogP contribution in [-0.2, 0) is 0 Å². The second-order valence-corrected chi connectivity index (χ2v) is 7.59. The van der Waals surface area contributed by atoms with Gasteiger partial charge in [-0.2, -0.15) is 0 Å². The molecule has 2 aromatic rings. The van der Waals surface area contributed by atoms with Crippen molar-refractivity contribution < 1.29 is 4.79 Å². The normalized spacial score (nSPS) is 21.3. The summed E-state index contributed by atoms with van der Waals surface area (Å²) in [6, 6.07) is 12.6. The molecule has 0 spiro atoms. The van der Waals surface area contributed by atoms with Crippen LogP contribution in [0.25, 0.3) is 5.69 Å². The average molecular weight is 354 g/mol. The van der Waals surface area contributed by atoms with E-state index in [1.807, 2.05) is 58.3 Å². The van der Waals surface area contributed by atoms with Crippen molar-refractivity contribution >= 4 is 5.91 Å². The maximum Gasteiger partial charge on any atom is 0.253 e. The number of carbonyl (C=O) groups is 1. The van der Waals surface area contributed by atoms with E-state index in [2.05, 4.69) is 37.7 Å². The molecule has 1 aliphatic rings. The summed E-state index contributed by atoms with van der Waals surface area (Å²) in [6.45, 7) is 8.11. The summed E-state index contributed by atoms with van der Waals surface area (Å²) in [5.41, 5.74) is 1.84. The van der Waals surface area contributed by atoms with Crippen molar-refractivity contribution in [2.75, 3.05) is 40.3 Å². The molecule has 0 N–H and O–H groups in total. The second-order valence-electron chi connectivity index (χ2n) is 7.59. The topological polar surface area (TPSA) is 31.7 Å². The fraction of sp³-hybridized carbons (Fsp3) is 0.476. The van der Waals surface area contributed by atoms with Crippen LogP contribution in [0.3, 0.4) is 0 Å². The first-order valence-electron chi connectivity index (χ1n) is 9.39. The molecule has 5 heteroatoms. The molecule has 1 aromatic carbocycles. The van der Waals surface area contributed by atoms with Crippen molar-refractivity contribution in [3.8, 4) is 5.69 Å². The van der Waals surface area contributed by atoms with E-state index in [-0.39, 0.29) is 5.91 Å². The summed E-state index contributed by atoms with van der Waals surface area (Å²) in [5.74, 6) is 0.134. The summed E-state index contributed by atoms with van der Waals surface area (Å²) >= 11 is 0. The van der Waals surface area contributed by atoms with Crippen molar-refractivity contribution in [3.63, 3.8) is 0 Å². The lowest BCUT2D eigenvalue weighted by Gasteiger charge is -2.44. The van der Waals surface area contributed by atoms with Crippen molar-refractivity contribution in [1.82, 2.24) is 19.3 Å². The summed E-state index contributed by atoms with van der Waals surface area (Å²) in [5, 5.41) is 0. The zero-order valence-electron chi connectivity index (χ0n) is 16.3. The maximum atomic E-state index is 13.0. The van der Waals surface area contributed by atoms with Crippen molar-refractivity contribution in [3.05, 3.63) is 54.4 Å². The molecule has 140 valence electrons. The first kappa shape index (κ1) is 18.7. The highest BCUT2D eigenvalue weighted by molar-refractivity contribution is 5.94. The van der Waals surface area contributed by atoms with Gasteiger partial charge in [0.2, 0.25) is 0 Å². The molecule has 1 fully saturated rings. The Kier molecular flexibility index (Phi) is 5.79. The van der Waals surface area contributed by atoms with Gasteiger partial charge in [0.25, 0.3) is 5.91 Å². The highest BCUT2D eigenvalue weighted by Gasteiger charge is 2.31. The Morgan fingerprint density at radius 2 is 1.62 bits per heavy atom. The Hall–Kier alpha value is -2.11. The third-order valence-electron chi connectivity index (χ3n) is 5.21. The van der Waals surface area contributed by atoms with Gasteiger partial charge < -0.3 is 14.4 Å². The van der Waals surface area contributed by atoms with Crippen molar-refractivity contribution in [2.24, 2.45) is 0 Å². The van der Waals surface area contributed by atoms with Gasteiger partial charge in [-0.05, 0) is 64.3 Å². The predicted molar refractivity (Wildman–Crippen MR) is 106 cm³/mol. The molecule has 5 nitrogen and oxygen atoms in total. The molecule has 1 saturated heterocycles. The Bertz CT molecular complexity index is 696. The first-order valence-corrected chi connectivity index (χ1v) is 9.39. The minimum Gasteiger partial charge on any atom is -0.336 e. The molecule has 2 unspecified atom stereocenters. The van der Waals surface area contributed by atoms with Gasteiger partial charge in [-0.1, -0.05) is 0 Å². The lowest BCUT2D eigenvalue weighted by Crippen LogP contribution is -2.59.